The van der Waals surface area contributed by atoms with Crippen LogP contribution in [0.3, 0.4) is 0 Å². The Morgan fingerprint density at radius 2 is 0.719 bits per heavy atom. The number of rotatable bonds is 41. The van der Waals surface area contributed by atoms with Crippen molar-refractivity contribution in [3.05, 3.63) is 0 Å². The van der Waals surface area contributed by atoms with Crippen molar-refractivity contribution in [3.63, 3.8) is 0 Å². The summed E-state index contributed by atoms with van der Waals surface area (Å²) < 4.78 is 38.5. The van der Waals surface area contributed by atoms with Gasteiger partial charge in [0.15, 0.2) is 6.29 Å². The number of carboxylic acid groups (broad SMARTS) is 5. The molecule has 5 atom stereocenters. The maximum absolute atomic E-state index is 11.0. The van der Waals surface area contributed by atoms with Crippen LogP contribution in [0.1, 0.15) is 64.2 Å². The zero-order chi connectivity index (χ0) is 41.9. The van der Waals surface area contributed by atoms with Gasteiger partial charge in [0, 0.05) is 55.2 Å². The van der Waals surface area contributed by atoms with Crippen LogP contribution in [0.2, 0.25) is 0 Å². The van der Waals surface area contributed by atoms with Gasteiger partial charge < -0.3 is 54.0 Å². The molecule has 1 aliphatic heterocycles. The van der Waals surface area contributed by atoms with E-state index in [1.807, 2.05) is 0 Å². The van der Waals surface area contributed by atoms with Gasteiger partial charge in [-0.3, -0.25) is 24.0 Å². The van der Waals surface area contributed by atoms with E-state index in [4.69, 9.17) is 54.0 Å². The first kappa shape index (κ1) is 53.9. The molecule has 0 radical (unpaired) electrons. The van der Waals surface area contributed by atoms with Crippen LogP contribution in [0.25, 0.3) is 0 Å². The van der Waals surface area contributed by atoms with Crippen molar-refractivity contribution >= 4 is 88.7 Å². The van der Waals surface area contributed by atoms with Crippen LogP contribution in [-0.2, 0) is 52.4 Å². The highest BCUT2D eigenvalue weighted by molar-refractivity contribution is 8.00. The molecule has 0 aliphatic carbocycles. The quantitative estimate of drug-likeness (QED) is 0.0513. The second kappa shape index (κ2) is 36.7. The van der Waals surface area contributed by atoms with Crippen molar-refractivity contribution < 1.29 is 77.9 Å². The first-order valence-electron chi connectivity index (χ1n) is 19.2. The van der Waals surface area contributed by atoms with Crippen LogP contribution in [0.15, 0.2) is 0 Å². The van der Waals surface area contributed by atoms with Crippen LogP contribution < -0.4 is 0 Å². The molecule has 21 heteroatoms. The van der Waals surface area contributed by atoms with Gasteiger partial charge >= 0.3 is 29.8 Å². The fraction of sp³-hybridized carbons (Fsp3) is 0.861. The van der Waals surface area contributed by atoms with E-state index in [0.29, 0.717) is 117 Å². The molecule has 0 aromatic heterocycles. The molecule has 0 saturated carbocycles. The number of hydrogen-bond acceptors (Lipinski definition) is 16. The molecule has 57 heavy (non-hydrogen) atoms. The van der Waals surface area contributed by atoms with Gasteiger partial charge in [0.2, 0.25) is 0 Å². The summed E-state index contributed by atoms with van der Waals surface area (Å²) in [6.45, 7) is 1.85. The highest BCUT2D eigenvalue weighted by Crippen LogP contribution is 2.30. The maximum Gasteiger partial charge on any atom is 0.304 e. The standard InChI is InChI=1S/C36H62O16S5/c37-28(38)6-21-53-16-1-11-47-26-27-33(48-12-2-17-54-22-7-29(39)40)34(49-13-3-18-55-23-8-30(41)42)35(50-14-4-19-56-24-9-31(43)44)36(52-27)51-15-5-20-57-25-10-32(45)46/h27,33-36H,1-26H2,(H,37,38)(H,39,40)(H,41,42)(H,43,44)(H,45,46)/t27-,33-,34+,35-,36+/m1/s1. The monoisotopic (exact) mass is 910 g/mol. The molecule has 1 fully saturated rings. The van der Waals surface area contributed by atoms with E-state index in [-0.39, 0.29) is 38.7 Å². The second-order valence-corrected chi connectivity index (χ2v) is 18.7. The third kappa shape index (κ3) is 31.4. The molecule has 332 valence electrons. The first-order chi connectivity index (χ1) is 27.5. The Labute approximate surface area is 357 Å². The number of thioether (sulfide) groups is 5. The summed E-state index contributed by atoms with van der Waals surface area (Å²) in [6, 6.07) is 0. The van der Waals surface area contributed by atoms with E-state index in [1.54, 1.807) is 11.8 Å². The molecule has 0 amide bonds. The minimum absolute atomic E-state index is 0.0697. The first-order valence-corrected chi connectivity index (χ1v) is 25.0. The third-order valence-electron chi connectivity index (χ3n) is 7.70. The molecule has 0 aromatic carbocycles. The normalized spacial score (nSPS) is 19.4. The predicted octanol–water partition coefficient (Wildman–Crippen LogP) is 4.89. The number of hydrogen-bond donors (Lipinski definition) is 5. The van der Waals surface area contributed by atoms with Gasteiger partial charge in [-0.05, 0) is 60.9 Å². The van der Waals surface area contributed by atoms with Gasteiger partial charge in [-0.15, -0.1) is 0 Å². The summed E-state index contributed by atoms with van der Waals surface area (Å²) in [5.74, 6) is 1.72. The number of carboxylic acids is 5. The molecule has 0 spiro atoms. The number of aliphatic carboxylic acids is 5. The van der Waals surface area contributed by atoms with Gasteiger partial charge in [-0.25, -0.2) is 0 Å². The topological polar surface area (TPSA) is 242 Å². The van der Waals surface area contributed by atoms with E-state index in [0.717, 1.165) is 5.75 Å². The van der Waals surface area contributed by atoms with Crippen LogP contribution in [-0.4, -0.2) is 183 Å². The summed E-state index contributed by atoms with van der Waals surface area (Å²) in [5, 5.41) is 44.8. The lowest BCUT2D eigenvalue weighted by Gasteiger charge is -2.46. The van der Waals surface area contributed by atoms with E-state index < -0.39 is 60.6 Å². The Kier molecular flexibility index (Phi) is 34.7. The summed E-state index contributed by atoms with van der Waals surface area (Å²) >= 11 is 7.64. The maximum atomic E-state index is 11.0. The zero-order valence-corrected chi connectivity index (χ0v) is 36.6. The summed E-state index contributed by atoms with van der Waals surface area (Å²) in [6.07, 6.45) is 0.135. The van der Waals surface area contributed by atoms with Crippen molar-refractivity contribution in [1.29, 1.82) is 0 Å². The molecule has 5 N–H and O–H groups in total. The van der Waals surface area contributed by atoms with E-state index in [9.17, 15) is 24.0 Å². The van der Waals surface area contributed by atoms with Gasteiger partial charge in [0.1, 0.15) is 24.4 Å². The molecule has 1 rings (SSSR count). The minimum Gasteiger partial charge on any atom is -0.481 e. The van der Waals surface area contributed by atoms with Gasteiger partial charge in [0.25, 0.3) is 0 Å². The van der Waals surface area contributed by atoms with Crippen molar-refractivity contribution in [2.45, 2.75) is 94.9 Å². The molecular weight excluding hydrogens is 849 g/mol. The molecule has 16 nitrogen and oxygen atoms in total. The molecule has 1 aliphatic rings. The largest absolute Gasteiger partial charge is 0.481 e. The highest BCUT2D eigenvalue weighted by atomic mass is 32.2. The Bertz CT molecular complexity index is 1090. The fourth-order valence-electron chi connectivity index (χ4n) is 4.99. The Balaban J connectivity index is 3.15. The predicted molar refractivity (Wildman–Crippen MR) is 226 cm³/mol. The van der Waals surface area contributed by atoms with Crippen LogP contribution >= 0.6 is 58.8 Å². The van der Waals surface area contributed by atoms with Crippen LogP contribution in [0.4, 0.5) is 0 Å². The third-order valence-corrected chi connectivity index (χ3v) is 13.0. The smallest absolute Gasteiger partial charge is 0.304 e. The van der Waals surface area contributed by atoms with E-state index >= 15 is 0 Å². The van der Waals surface area contributed by atoms with Crippen molar-refractivity contribution in [1.82, 2.24) is 0 Å². The average molecular weight is 911 g/mol. The molecule has 0 bridgehead atoms. The van der Waals surface area contributed by atoms with Crippen molar-refractivity contribution in [2.75, 3.05) is 97.2 Å². The number of ether oxygens (including phenoxy) is 6. The fourth-order valence-corrected chi connectivity index (χ4v) is 9.21. The Morgan fingerprint density at radius 1 is 0.404 bits per heavy atom. The SMILES string of the molecule is O=C(O)CCSCCCOC[C@H]1O[C@H](OCCCSCCC(=O)O)[C@H](OCCCSCCC(=O)O)[C@@H](OCCCSCCC(=O)O)[C@@H]1OCCCSCCC(=O)O. The van der Waals surface area contributed by atoms with Gasteiger partial charge in [-0.2, -0.15) is 58.8 Å². The zero-order valence-electron chi connectivity index (χ0n) is 32.5. The van der Waals surface area contributed by atoms with Gasteiger partial charge in [0.05, 0.1) is 45.3 Å². The lowest BCUT2D eigenvalue weighted by Crippen LogP contribution is -2.62. The Hall–Kier alpha value is -1.14. The summed E-state index contributed by atoms with van der Waals surface area (Å²) in [7, 11) is 0. The minimum atomic E-state index is -0.866. The van der Waals surface area contributed by atoms with Gasteiger partial charge in [-0.1, -0.05) is 0 Å². The molecule has 1 saturated heterocycles. The molecule has 0 aromatic rings. The molecule has 1 heterocycles. The van der Waals surface area contributed by atoms with E-state index in [1.165, 1.54) is 47.0 Å². The highest BCUT2D eigenvalue weighted by Gasteiger charge is 2.49. The molecule has 0 unspecified atom stereocenters. The Morgan fingerprint density at radius 3 is 1.09 bits per heavy atom. The summed E-state index contributed by atoms with van der Waals surface area (Å²) in [4.78, 5) is 54.5. The molecular formula is C36H62O16S5. The lowest BCUT2D eigenvalue weighted by molar-refractivity contribution is -0.323. The average Bonchev–Trinajstić information content (AvgIpc) is 3.14. The number of carbonyl (C=O) groups is 5. The van der Waals surface area contributed by atoms with Crippen molar-refractivity contribution in [2.24, 2.45) is 0 Å². The lowest BCUT2D eigenvalue weighted by atomic mass is 9.98. The van der Waals surface area contributed by atoms with Crippen LogP contribution in [0.5, 0.6) is 0 Å². The van der Waals surface area contributed by atoms with E-state index in [2.05, 4.69) is 0 Å². The van der Waals surface area contributed by atoms with Crippen LogP contribution in [0, 0.1) is 0 Å². The van der Waals surface area contributed by atoms with Crippen molar-refractivity contribution in [3.8, 4) is 0 Å². The second-order valence-electron chi connectivity index (χ2n) is 12.5. The summed E-state index contributed by atoms with van der Waals surface area (Å²) in [5.41, 5.74) is 0.